The molecule has 0 amide bonds. The van der Waals surface area contributed by atoms with Gasteiger partial charge in [-0.1, -0.05) is 12.1 Å². The Morgan fingerprint density at radius 1 is 1.33 bits per heavy atom. The maximum absolute atomic E-state index is 5.44. The fourth-order valence-electron chi connectivity index (χ4n) is 2.47. The van der Waals surface area contributed by atoms with Crippen LogP contribution in [0.4, 0.5) is 0 Å². The van der Waals surface area contributed by atoms with Crippen molar-refractivity contribution in [2.45, 2.75) is 32.4 Å². The summed E-state index contributed by atoms with van der Waals surface area (Å²) < 4.78 is 5.44. The summed E-state index contributed by atoms with van der Waals surface area (Å²) in [4.78, 5) is 2.41. The lowest BCUT2D eigenvalue weighted by Crippen LogP contribution is -2.38. The molecule has 1 aromatic rings. The van der Waals surface area contributed by atoms with E-state index in [0.717, 1.165) is 12.2 Å². The predicted molar refractivity (Wildman–Crippen MR) is 62.3 cm³/mol. The lowest BCUT2D eigenvalue weighted by molar-refractivity contribution is 0.175. The molecule has 0 saturated carbocycles. The van der Waals surface area contributed by atoms with Gasteiger partial charge in [0, 0.05) is 17.6 Å². The van der Waals surface area contributed by atoms with Crippen LogP contribution < -0.4 is 4.74 Å². The Bertz CT molecular complexity index is 362. The summed E-state index contributed by atoms with van der Waals surface area (Å²) in [6.45, 7) is 4.52. The first-order valence-corrected chi connectivity index (χ1v) is 5.53. The van der Waals surface area contributed by atoms with Crippen LogP contribution in [-0.2, 0) is 6.42 Å². The molecule has 1 heterocycles. The first-order valence-electron chi connectivity index (χ1n) is 5.53. The highest BCUT2D eigenvalue weighted by Crippen LogP contribution is 2.37. The molecule has 0 spiro atoms. The van der Waals surface area contributed by atoms with E-state index in [4.69, 9.17) is 4.74 Å². The molecule has 1 aromatic carbocycles. The minimum Gasteiger partial charge on any atom is -0.496 e. The monoisotopic (exact) mass is 205 g/mol. The van der Waals surface area contributed by atoms with Gasteiger partial charge in [0.15, 0.2) is 0 Å². The second-order valence-electron chi connectivity index (χ2n) is 4.43. The first-order chi connectivity index (χ1) is 7.15. The molecule has 2 heteroatoms. The molecular weight excluding hydrogens is 186 g/mol. The molecule has 0 aromatic heterocycles. The number of nitrogens with zero attached hydrogens (tertiary/aromatic N) is 1. The molecule has 82 valence electrons. The van der Waals surface area contributed by atoms with E-state index in [0.29, 0.717) is 12.1 Å². The van der Waals surface area contributed by atoms with Gasteiger partial charge in [0.2, 0.25) is 0 Å². The number of fused-ring (bicyclic) bond motifs is 1. The van der Waals surface area contributed by atoms with E-state index in [1.165, 1.54) is 11.1 Å². The molecule has 2 nitrogen and oxygen atoms in total. The Morgan fingerprint density at radius 3 is 2.73 bits per heavy atom. The summed E-state index contributed by atoms with van der Waals surface area (Å²) in [6.07, 6.45) is 1.12. The lowest BCUT2D eigenvalue weighted by atomic mass is 9.89. The number of rotatable bonds is 1. The van der Waals surface area contributed by atoms with E-state index in [9.17, 15) is 0 Å². The van der Waals surface area contributed by atoms with Gasteiger partial charge in [0.25, 0.3) is 0 Å². The second-order valence-corrected chi connectivity index (χ2v) is 4.43. The maximum atomic E-state index is 5.44. The van der Waals surface area contributed by atoms with E-state index in [1.807, 2.05) is 0 Å². The standard InChI is InChI=1S/C13H19NO/c1-9-8-11-6-5-7-12(15-4)13(11)10(2)14(9)3/h5-7,9-10H,8H2,1-4H3/t9-,10-/m1/s1. The van der Waals surface area contributed by atoms with Crippen molar-refractivity contribution in [1.29, 1.82) is 0 Å². The molecule has 2 atom stereocenters. The largest absolute Gasteiger partial charge is 0.496 e. The van der Waals surface area contributed by atoms with Crippen molar-refractivity contribution in [2.75, 3.05) is 14.2 Å². The molecule has 15 heavy (non-hydrogen) atoms. The number of likely N-dealkylation sites (N-methyl/N-ethyl adjacent to an activating group) is 1. The third kappa shape index (κ3) is 1.63. The van der Waals surface area contributed by atoms with E-state index >= 15 is 0 Å². The van der Waals surface area contributed by atoms with Crippen LogP contribution in [0.3, 0.4) is 0 Å². The van der Waals surface area contributed by atoms with E-state index < -0.39 is 0 Å². The molecule has 0 fully saturated rings. The Hall–Kier alpha value is -1.02. The van der Waals surface area contributed by atoms with Crippen LogP contribution in [-0.4, -0.2) is 25.1 Å². The van der Waals surface area contributed by atoms with Gasteiger partial charge < -0.3 is 4.74 Å². The molecule has 2 rings (SSSR count). The lowest BCUT2D eigenvalue weighted by Gasteiger charge is -2.38. The smallest absolute Gasteiger partial charge is 0.123 e. The van der Waals surface area contributed by atoms with Crippen LogP contribution in [0.2, 0.25) is 0 Å². The van der Waals surface area contributed by atoms with Gasteiger partial charge in [-0.15, -0.1) is 0 Å². The van der Waals surface area contributed by atoms with E-state index in [2.05, 4.69) is 44.0 Å². The van der Waals surface area contributed by atoms with Crippen molar-refractivity contribution in [3.63, 3.8) is 0 Å². The van der Waals surface area contributed by atoms with Crippen LogP contribution in [0, 0.1) is 0 Å². The fourth-order valence-corrected chi connectivity index (χ4v) is 2.47. The van der Waals surface area contributed by atoms with Gasteiger partial charge in [-0.25, -0.2) is 0 Å². The summed E-state index contributed by atoms with van der Waals surface area (Å²) >= 11 is 0. The SMILES string of the molecule is COc1cccc2c1[C@@H](C)N(C)[C@H](C)C2. The zero-order chi connectivity index (χ0) is 11.0. The number of methoxy groups -OCH3 is 1. The predicted octanol–water partition coefficient (Wildman–Crippen LogP) is 2.63. The highest BCUT2D eigenvalue weighted by atomic mass is 16.5. The fraction of sp³-hybridized carbons (Fsp3) is 0.538. The highest BCUT2D eigenvalue weighted by Gasteiger charge is 2.28. The van der Waals surface area contributed by atoms with Gasteiger partial charge in [0.1, 0.15) is 5.75 Å². The molecule has 1 aliphatic heterocycles. The number of benzene rings is 1. The molecular formula is C13H19NO. The zero-order valence-electron chi connectivity index (χ0n) is 9.95. The van der Waals surface area contributed by atoms with Crippen LogP contribution in [0.1, 0.15) is 31.0 Å². The summed E-state index contributed by atoms with van der Waals surface area (Å²) in [5, 5.41) is 0. The average molecular weight is 205 g/mol. The second kappa shape index (κ2) is 3.86. The number of hydrogen-bond acceptors (Lipinski definition) is 2. The van der Waals surface area contributed by atoms with Gasteiger partial charge in [-0.05, 0) is 38.9 Å². The van der Waals surface area contributed by atoms with Crippen LogP contribution in [0.25, 0.3) is 0 Å². The number of hydrogen-bond donors (Lipinski definition) is 0. The highest BCUT2D eigenvalue weighted by molar-refractivity contribution is 5.44. The van der Waals surface area contributed by atoms with Gasteiger partial charge in [0.05, 0.1) is 7.11 Å². The van der Waals surface area contributed by atoms with Gasteiger partial charge in [-0.3, -0.25) is 4.90 Å². The van der Waals surface area contributed by atoms with Crippen molar-refractivity contribution in [1.82, 2.24) is 4.90 Å². The summed E-state index contributed by atoms with van der Waals surface area (Å²) in [5.41, 5.74) is 2.80. The van der Waals surface area contributed by atoms with Crippen molar-refractivity contribution < 1.29 is 4.74 Å². The molecule has 0 aliphatic carbocycles. The molecule has 0 radical (unpaired) electrons. The minimum absolute atomic E-state index is 0.444. The third-order valence-corrected chi connectivity index (χ3v) is 3.62. The van der Waals surface area contributed by atoms with Crippen molar-refractivity contribution in [2.24, 2.45) is 0 Å². The molecule has 1 aliphatic rings. The van der Waals surface area contributed by atoms with Crippen LogP contribution in [0.5, 0.6) is 5.75 Å². The van der Waals surface area contributed by atoms with Crippen LogP contribution >= 0.6 is 0 Å². The quantitative estimate of drug-likeness (QED) is 0.699. The van der Waals surface area contributed by atoms with Gasteiger partial charge in [-0.2, -0.15) is 0 Å². The Kier molecular flexibility index (Phi) is 2.70. The third-order valence-electron chi connectivity index (χ3n) is 3.62. The van der Waals surface area contributed by atoms with Crippen molar-refractivity contribution in [3.05, 3.63) is 29.3 Å². The average Bonchev–Trinajstić information content (AvgIpc) is 2.25. The molecule has 0 bridgehead atoms. The molecule has 0 N–H and O–H groups in total. The summed E-state index contributed by atoms with van der Waals surface area (Å²) in [7, 11) is 3.94. The van der Waals surface area contributed by atoms with Crippen LogP contribution in [0.15, 0.2) is 18.2 Å². The Balaban J connectivity index is 2.50. The maximum Gasteiger partial charge on any atom is 0.123 e. The molecule has 0 unspecified atom stereocenters. The first kappa shape index (κ1) is 10.5. The minimum atomic E-state index is 0.444. The number of ether oxygens (including phenoxy) is 1. The zero-order valence-corrected chi connectivity index (χ0v) is 9.95. The normalized spacial score (nSPS) is 26.1. The van der Waals surface area contributed by atoms with E-state index in [-0.39, 0.29) is 0 Å². The Morgan fingerprint density at radius 2 is 2.07 bits per heavy atom. The molecule has 0 saturated heterocycles. The van der Waals surface area contributed by atoms with Gasteiger partial charge >= 0.3 is 0 Å². The topological polar surface area (TPSA) is 12.5 Å². The van der Waals surface area contributed by atoms with Crippen molar-refractivity contribution >= 4 is 0 Å². The summed E-state index contributed by atoms with van der Waals surface area (Å²) in [5.74, 6) is 1.03. The van der Waals surface area contributed by atoms with Crippen molar-refractivity contribution in [3.8, 4) is 5.75 Å². The Labute approximate surface area is 91.9 Å². The van der Waals surface area contributed by atoms with E-state index in [1.54, 1.807) is 7.11 Å². The summed E-state index contributed by atoms with van der Waals surface area (Å²) in [6, 6.07) is 7.42.